The van der Waals surface area contributed by atoms with E-state index in [1.807, 2.05) is 44.1 Å². The summed E-state index contributed by atoms with van der Waals surface area (Å²) in [5, 5.41) is 6.08. The fourth-order valence-electron chi connectivity index (χ4n) is 2.10. The summed E-state index contributed by atoms with van der Waals surface area (Å²) in [6.45, 7) is 5.14. The van der Waals surface area contributed by atoms with E-state index in [-0.39, 0.29) is 5.91 Å². The van der Waals surface area contributed by atoms with Gasteiger partial charge in [0.05, 0.1) is 0 Å². The Kier molecular flexibility index (Phi) is 6.28. The third kappa shape index (κ3) is 5.28. The van der Waals surface area contributed by atoms with Crippen LogP contribution < -0.4 is 10.6 Å². The number of amides is 1. The lowest BCUT2D eigenvalue weighted by Crippen LogP contribution is -2.32. The molecule has 0 saturated carbocycles. The zero-order chi connectivity index (χ0) is 17.7. The van der Waals surface area contributed by atoms with Crippen LogP contribution in [0.15, 0.2) is 28.7 Å². The van der Waals surface area contributed by atoms with Gasteiger partial charge in [0.2, 0.25) is 0 Å². The van der Waals surface area contributed by atoms with Crippen LogP contribution in [0.25, 0.3) is 0 Å². The van der Waals surface area contributed by atoms with Gasteiger partial charge in [0.1, 0.15) is 17.3 Å². The number of aryl methyl sites for hydroxylation is 2. The van der Waals surface area contributed by atoms with Gasteiger partial charge < -0.3 is 15.5 Å². The van der Waals surface area contributed by atoms with Gasteiger partial charge in [-0.2, -0.15) is 0 Å². The summed E-state index contributed by atoms with van der Waals surface area (Å²) in [5.74, 6) is 0.950. The second-order valence-electron chi connectivity index (χ2n) is 5.83. The second-order valence-corrected chi connectivity index (χ2v) is 6.69. The minimum atomic E-state index is -0.197. The monoisotopic (exact) mass is 391 g/mol. The molecule has 0 saturated heterocycles. The predicted molar refractivity (Wildman–Crippen MR) is 99.8 cm³/mol. The Labute approximate surface area is 150 Å². The van der Waals surface area contributed by atoms with Crippen molar-refractivity contribution < 1.29 is 4.79 Å². The molecule has 1 aromatic heterocycles. The van der Waals surface area contributed by atoms with Crippen molar-refractivity contribution in [3.8, 4) is 0 Å². The van der Waals surface area contributed by atoms with Crippen LogP contribution in [-0.2, 0) is 0 Å². The Morgan fingerprint density at radius 1 is 1.21 bits per heavy atom. The smallest absolute Gasteiger partial charge is 0.270 e. The molecule has 0 fully saturated rings. The number of benzene rings is 1. The van der Waals surface area contributed by atoms with Gasteiger partial charge in [-0.1, -0.05) is 15.9 Å². The van der Waals surface area contributed by atoms with Crippen molar-refractivity contribution in [1.29, 1.82) is 0 Å². The molecule has 0 aliphatic carbocycles. The number of nitrogens with zero attached hydrogens (tertiary/aromatic N) is 3. The molecule has 2 N–H and O–H groups in total. The molecule has 0 radical (unpaired) electrons. The summed E-state index contributed by atoms with van der Waals surface area (Å²) in [4.78, 5) is 22.8. The number of nitrogens with one attached hydrogen (secondary N) is 2. The predicted octanol–water partition coefficient (Wildman–Crippen LogP) is 2.89. The van der Waals surface area contributed by atoms with Gasteiger partial charge >= 0.3 is 0 Å². The first-order chi connectivity index (χ1) is 11.3. The van der Waals surface area contributed by atoms with Gasteiger partial charge in [-0.3, -0.25) is 4.79 Å². The van der Waals surface area contributed by atoms with Crippen LogP contribution in [0.5, 0.6) is 0 Å². The molecule has 0 bridgehead atoms. The zero-order valence-electron chi connectivity index (χ0n) is 14.4. The van der Waals surface area contributed by atoms with Crippen molar-refractivity contribution in [2.45, 2.75) is 13.8 Å². The van der Waals surface area contributed by atoms with Crippen LogP contribution in [0, 0.1) is 13.8 Å². The van der Waals surface area contributed by atoms with Crippen LogP contribution in [0.3, 0.4) is 0 Å². The molecule has 0 spiro atoms. The van der Waals surface area contributed by atoms with Gasteiger partial charge in [-0.15, -0.1) is 0 Å². The minimum absolute atomic E-state index is 0.197. The molecular weight excluding hydrogens is 370 g/mol. The fourth-order valence-corrected chi connectivity index (χ4v) is 2.35. The maximum Gasteiger partial charge on any atom is 0.270 e. The van der Waals surface area contributed by atoms with Crippen molar-refractivity contribution in [3.05, 3.63) is 45.8 Å². The molecule has 1 heterocycles. The number of rotatable bonds is 6. The highest BCUT2D eigenvalue weighted by Crippen LogP contribution is 2.22. The van der Waals surface area contributed by atoms with Crippen LogP contribution in [0.1, 0.15) is 21.9 Å². The highest BCUT2D eigenvalue weighted by Gasteiger charge is 2.10. The number of carbonyl (C=O) groups excluding carboxylic acids is 1. The van der Waals surface area contributed by atoms with Crippen LogP contribution in [0.2, 0.25) is 0 Å². The van der Waals surface area contributed by atoms with Gasteiger partial charge in [-0.05, 0) is 51.7 Å². The van der Waals surface area contributed by atoms with Gasteiger partial charge in [-0.25, -0.2) is 9.97 Å². The fraction of sp³-hybridized carbons (Fsp3) is 0.353. The third-order valence-corrected chi connectivity index (χ3v) is 4.24. The largest absolute Gasteiger partial charge is 0.349 e. The standard InChI is InChI=1S/C17H22BrN5O/c1-11-9-13(5-6-14(11)18)22-16-10-15(20-12(2)21-16)17(24)19-7-8-23(3)4/h5-6,9-10H,7-8H2,1-4H3,(H,19,24)(H,20,21,22). The Morgan fingerprint density at radius 2 is 1.96 bits per heavy atom. The molecule has 1 amide bonds. The number of hydrogen-bond acceptors (Lipinski definition) is 5. The molecule has 24 heavy (non-hydrogen) atoms. The summed E-state index contributed by atoms with van der Waals surface area (Å²) in [6.07, 6.45) is 0. The molecule has 0 unspecified atom stereocenters. The minimum Gasteiger partial charge on any atom is -0.349 e. The van der Waals surface area contributed by atoms with Crippen molar-refractivity contribution in [2.75, 3.05) is 32.5 Å². The SMILES string of the molecule is Cc1nc(Nc2ccc(Br)c(C)c2)cc(C(=O)NCCN(C)C)n1. The van der Waals surface area contributed by atoms with E-state index >= 15 is 0 Å². The van der Waals surface area contributed by atoms with Crippen molar-refractivity contribution in [2.24, 2.45) is 0 Å². The van der Waals surface area contributed by atoms with Crippen LogP contribution in [-0.4, -0.2) is 48.0 Å². The first-order valence-electron chi connectivity index (χ1n) is 7.67. The summed E-state index contributed by atoms with van der Waals surface area (Å²) < 4.78 is 1.05. The van der Waals surface area contributed by atoms with Gasteiger partial charge in [0.15, 0.2) is 0 Å². The van der Waals surface area contributed by atoms with E-state index in [4.69, 9.17) is 0 Å². The van der Waals surface area contributed by atoms with Gasteiger partial charge in [0, 0.05) is 29.3 Å². The van der Waals surface area contributed by atoms with Crippen LogP contribution in [0.4, 0.5) is 11.5 Å². The highest BCUT2D eigenvalue weighted by atomic mass is 79.9. The second kappa shape index (κ2) is 8.21. The third-order valence-electron chi connectivity index (χ3n) is 3.35. The molecule has 0 aliphatic rings. The average molecular weight is 392 g/mol. The normalized spacial score (nSPS) is 10.8. The number of halogens is 1. The molecule has 6 nitrogen and oxygen atoms in total. The van der Waals surface area contributed by atoms with E-state index in [1.165, 1.54) is 0 Å². The Balaban J connectivity index is 2.12. The maximum absolute atomic E-state index is 12.2. The molecule has 0 aliphatic heterocycles. The lowest BCUT2D eigenvalue weighted by Gasteiger charge is -2.12. The van der Waals surface area contributed by atoms with Crippen molar-refractivity contribution in [3.63, 3.8) is 0 Å². The number of likely N-dealkylation sites (N-methyl/N-ethyl adjacent to an activating group) is 1. The van der Waals surface area contributed by atoms with E-state index in [0.717, 1.165) is 22.3 Å². The summed E-state index contributed by atoms with van der Waals surface area (Å²) >= 11 is 3.48. The Bertz CT molecular complexity index is 733. The Hall–Kier alpha value is -1.99. The summed E-state index contributed by atoms with van der Waals surface area (Å²) in [6, 6.07) is 7.60. The molecule has 1 aromatic carbocycles. The number of anilines is 2. The van der Waals surface area contributed by atoms with Crippen molar-refractivity contribution >= 4 is 33.3 Å². The first kappa shape index (κ1) is 18.4. The van der Waals surface area contributed by atoms with E-state index in [9.17, 15) is 4.79 Å². The summed E-state index contributed by atoms with van der Waals surface area (Å²) in [5.41, 5.74) is 2.39. The quantitative estimate of drug-likeness (QED) is 0.791. The van der Waals surface area contributed by atoms with E-state index in [0.29, 0.717) is 23.9 Å². The van der Waals surface area contributed by atoms with Crippen molar-refractivity contribution in [1.82, 2.24) is 20.2 Å². The summed E-state index contributed by atoms with van der Waals surface area (Å²) in [7, 11) is 3.92. The maximum atomic E-state index is 12.2. The molecule has 0 atom stereocenters. The highest BCUT2D eigenvalue weighted by molar-refractivity contribution is 9.10. The Morgan fingerprint density at radius 3 is 2.62 bits per heavy atom. The first-order valence-corrected chi connectivity index (χ1v) is 8.46. The van der Waals surface area contributed by atoms with E-state index in [1.54, 1.807) is 13.0 Å². The topological polar surface area (TPSA) is 70.2 Å². The molecule has 128 valence electrons. The van der Waals surface area contributed by atoms with E-state index < -0.39 is 0 Å². The molecule has 7 heteroatoms. The number of carbonyl (C=O) groups is 1. The van der Waals surface area contributed by atoms with Gasteiger partial charge in [0.25, 0.3) is 5.91 Å². The number of aromatic nitrogens is 2. The molecule has 2 rings (SSSR count). The van der Waals surface area contributed by atoms with Crippen LogP contribution >= 0.6 is 15.9 Å². The molecular formula is C17H22BrN5O. The number of hydrogen-bond donors (Lipinski definition) is 2. The lowest BCUT2D eigenvalue weighted by atomic mass is 10.2. The van der Waals surface area contributed by atoms with E-state index in [2.05, 4.69) is 36.5 Å². The zero-order valence-corrected chi connectivity index (χ0v) is 15.9. The molecule has 2 aromatic rings. The lowest BCUT2D eigenvalue weighted by molar-refractivity contribution is 0.0945. The average Bonchev–Trinajstić information content (AvgIpc) is 2.50.